The zero-order chi connectivity index (χ0) is 8.72. The highest BCUT2D eigenvalue weighted by Crippen LogP contribution is 2.39. The molecule has 1 saturated carbocycles. The topological polar surface area (TPSA) is 40.5 Å². The molecule has 1 N–H and O–H groups in total. The van der Waals surface area contributed by atoms with E-state index in [1.165, 1.54) is 0 Å². The number of amides is 1. The summed E-state index contributed by atoms with van der Waals surface area (Å²) in [5.74, 6) is 1.12. The molecular formula is C9H15NO2. The number of hydrogen-bond acceptors (Lipinski definition) is 2. The molecule has 0 bridgehead atoms. The minimum Gasteiger partial charge on any atom is -0.391 e. The molecule has 3 nitrogen and oxygen atoms in total. The van der Waals surface area contributed by atoms with E-state index in [4.69, 9.17) is 0 Å². The van der Waals surface area contributed by atoms with E-state index in [2.05, 4.69) is 6.92 Å². The smallest absolute Gasteiger partial charge is 0.226 e. The summed E-state index contributed by atoms with van der Waals surface area (Å²) >= 11 is 0. The molecule has 0 aromatic carbocycles. The number of rotatable bonds is 1. The molecule has 2 fully saturated rings. The fraction of sp³-hybridized carbons (Fsp3) is 0.889. The second-order valence-electron chi connectivity index (χ2n) is 4.05. The molecule has 1 saturated heterocycles. The first kappa shape index (κ1) is 8.05. The summed E-state index contributed by atoms with van der Waals surface area (Å²) in [5.41, 5.74) is 0. The zero-order valence-electron chi connectivity index (χ0n) is 7.36. The number of likely N-dealkylation sites (tertiary alicyclic amines) is 1. The summed E-state index contributed by atoms with van der Waals surface area (Å²) in [5, 5.41) is 9.22. The molecule has 68 valence electrons. The molecule has 3 heteroatoms. The van der Waals surface area contributed by atoms with Crippen molar-refractivity contribution in [2.75, 3.05) is 13.1 Å². The minimum absolute atomic E-state index is 0.263. The molecule has 0 spiro atoms. The van der Waals surface area contributed by atoms with Crippen molar-refractivity contribution in [2.24, 2.45) is 11.8 Å². The molecule has 3 atom stereocenters. The number of β-amino-alcohol motifs (C(OH)–C–C–N with tert-alkyl or cyclic N) is 1. The number of aliphatic hydroxyl groups excluding tert-OH is 1. The van der Waals surface area contributed by atoms with Gasteiger partial charge >= 0.3 is 0 Å². The molecule has 1 aliphatic carbocycles. The van der Waals surface area contributed by atoms with Gasteiger partial charge in [-0.3, -0.25) is 4.79 Å². The monoisotopic (exact) mass is 169 g/mol. The van der Waals surface area contributed by atoms with Crippen LogP contribution in [0.25, 0.3) is 0 Å². The summed E-state index contributed by atoms with van der Waals surface area (Å²) in [4.78, 5) is 13.4. The molecule has 1 heterocycles. The van der Waals surface area contributed by atoms with Gasteiger partial charge in [0.15, 0.2) is 0 Å². The zero-order valence-corrected chi connectivity index (χ0v) is 7.36. The predicted octanol–water partition coefficient (Wildman–Crippen LogP) is 0.236. The second kappa shape index (κ2) is 2.73. The van der Waals surface area contributed by atoms with Crippen LogP contribution in [-0.2, 0) is 4.79 Å². The standard InChI is InChI=1S/C9H15NO2/c1-6-4-8(6)9(12)10-3-2-7(11)5-10/h6-8,11H,2-5H2,1H3/t6?,7-,8?/m1/s1. The first-order chi connectivity index (χ1) is 5.68. The van der Waals surface area contributed by atoms with E-state index in [0.717, 1.165) is 19.4 Å². The maximum Gasteiger partial charge on any atom is 0.226 e. The third kappa shape index (κ3) is 1.33. The summed E-state index contributed by atoms with van der Waals surface area (Å²) in [6.07, 6.45) is 1.53. The van der Waals surface area contributed by atoms with Crippen LogP contribution in [0, 0.1) is 11.8 Å². The van der Waals surface area contributed by atoms with E-state index in [-0.39, 0.29) is 17.9 Å². The fourth-order valence-corrected chi connectivity index (χ4v) is 1.84. The highest BCUT2D eigenvalue weighted by molar-refractivity contribution is 5.81. The Morgan fingerprint density at radius 2 is 2.25 bits per heavy atom. The van der Waals surface area contributed by atoms with Crippen molar-refractivity contribution < 1.29 is 9.90 Å². The van der Waals surface area contributed by atoms with Gasteiger partial charge in [0.2, 0.25) is 5.91 Å². The van der Waals surface area contributed by atoms with Crippen molar-refractivity contribution in [2.45, 2.75) is 25.9 Å². The van der Waals surface area contributed by atoms with E-state index in [1.54, 1.807) is 4.90 Å². The number of nitrogens with zero attached hydrogens (tertiary/aromatic N) is 1. The van der Waals surface area contributed by atoms with E-state index in [0.29, 0.717) is 12.5 Å². The molecule has 0 aromatic rings. The molecule has 2 unspecified atom stereocenters. The van der Waals surface area contributed by atoms with Gasteiger partial charge in [-0.25, -0.2) is 0 Å². The molecule has 2 aliphatic rings. The van der Waals surface area contributed by atoms with Crippen molar-refractivity contribution >= 4 is 5.91 Å². The first-order valence-corrected chi connectivity index (χ1v) is 4.65. The van der Waals surface area contributed by atoms with E-state index in [9.17, 15) is 9.90 Å². The maximum absolute atomic E-state index is 11.6. The van der Waals surface area contributed by atoms with Gasteiger partial charge in [0.25, 0.3) is 0 Å². The highest BCUT2D eigenvalue weighted by Gasteiger charge is 2.42. The average Bonchev–Trinajstić information content (AvgIpc) is 2.58. The Labute approximate surface area is 72.4 Å². The van der Waals surface area contributed by atoms with Crippen LogP contribution in [0.1, 0.15) is 19.8 Å². The Hall–Kier alpha value is -0.570. The highest BCUT2D eigenvalue weighted by atomic mass is 16.3. The lowest BCUT2D eigenvalue weighted by atomic mass is 10.3. The van der Waals surface area contributed by atoms with Gasteiger partial charge in [-0.1, -0.05) is 6.92 Å². The van der Waals surface area contributed by atoms with Crippen LogP contribution in [0.2, 0.25) is 0 Å². The van der Waals surface area contributed by atoms with Gasteiger partial charge in [-0.2, -0.15) is 0 Å². The number of aliphatic hydroxyl groups is 1. The molecule has 1 amide bonds. The lowest BCUT2D eigenvalue weighted by Crippen LogP contribution is -2.31. The summed E-state index contributed by atoms with van der Waals surface area (Å²) in [6, 6.07) is 0. The normalized spacial score (nSPS) is 40.2. The van der Waals surface area contributed by atoms with Crippen LogP contribution in [-0.4, -0.2) is 35.1 Å². The van der Waals surface area contributed by atoms with Crippen LogP contribution in [0.4, 0.5) is 0 Å². The Morgan fingerprint density at radius 1 is 1.58 bits per heavy atom. The third-order valence-corrected chi connectivity index (χ3v) is 2.90. The molecule has 12 heavy (non-hydrogen) atoms. The van der Waals surface area contributed by atoms with Crippen molar-refractivity contribution in [3.05, 3.63) is 0 Å². The summed E-state index contributed by atoms with van der Waals surface area (Å²) < 4.78 is 0. The van der Waals surface area contributed by atoms with Crippen molar-refractivity contribution in [1.82, 2.24) is 4.90 Å². The SMILES string of the molecule is CC1CC1C(=O)N1CC[C@@H](O)C1. The van der Waals surface area contributed by atoms with Gasteiger partial charge < -0.3 is 10.0 Å². The molecule has 0 radical (unpaired) electrons. The Bertz CT molecular complexity index is 205. The molecular weight excluding hydrogens is 154 g/mol. The fourth-order valence-electron chi connectivity index (χ4n) is 1.84. The third-order valence-electron chi connectivity index (χ3n) is 2.90. The quantitative estimate of drug-likeness (QED) is 0.610. The Balaban J connectivity index is 1.89. The number of carbonyl (C=O) groups is 1. The maximum atomic E-state index is 11.6. The lowest BCUT2D eigenvalue weighted by molar-refractivity contribution is -0.132. The van der Waals surface area contributed by atoms with E-state index in [1.807, 2.05) is 0 Å². The van der Waals surface area contributed by atoms with Crippen LogP contribution in [0.15, 0.2) is 0 Å². The van der Waals surface area contributed by atoms with Crippen molar-refractivity contribution in [3.63, 3.8) is 0 Å². The van der Waals surface area contributed by atoms with Crippen LogP contribution in [0.3, 0.4) is 0 Å². The van der Waals surface area contributed by atoms with Crippen LogP contribution in [0.5, 0.6) is 0 Å². The van der Waals surface area contributed by atoms with E-state index < -0.39 is 0 Å². The largest absolute Gasteiger partial charge is 0.391 e. The first-order valence-electron chi connectivity index (χ1n) is 4.65. The van der Waals surface area contributed by atoms with Crippen molar-refractivity contribution in [3.8, 4) is 0 Å². The van der Waals surface area contributed by atoms with E-state index >= 15 is 0 Å². The van der Waals surface area contributed by atoms with Gasteiger partial charge in [-0.15, -0.1) is 0 Å². The van der Waals surface area contributed by atoms with Crippen LogP contribution >= 0.6 is 0 Å². The summed E-state index contributed by atoms with van der Waals surface area (Å²) in [7, 11) is 0. The van der Waals surface area contributed by atoms with Gasteiger partial charge in [0, 0.05) is 19.0 Å². The lowest BCUT2D eigenvalue weighted by Gasteiger charge is -2.14. The number of hydrogen-bond donors (Lipinski definition) is 1. The molecule has 2 rings (SSSR count). The van der Waals surface area contributed by atoms with Gasteiger partial charge in [0.1, 0.15) is 0 Å². The average molecular weight is 169 g/mol. The minimum atomic E-state index is -0.275. The predicted molar refractivity (Wildman–Crippen MR) is 44.5 cm³/mol. The Kier molecular flexibility index (Phi) is 1.83. The van der Waals surface area contributed by atoms with Gasteiger partial charge in [-0.05, 0) is 18.8 Å². The summed E-state index contributed by atoms with van der Waals surface area (Å²) in [6.45, 7) is 3.42. The van der Waals surface area contributed by atoms with Crippen molar-refractivity contribution in [1.29, 1.82) is 0 Å². The molecule has 0 aromatic heterocycles. The number of carbonyl (C=O) groups excluding carboxylic acids is 1. The van der Waals surface area contributed by atoms with Gasteiger partial charge in [0.05, 0.1) is 6.10 Å². The van der Waals surface area contributed by atoms with Crippen LogP contribution < -0.4 is 0 Å². The molecule has 1 aliphatic heterocycles. The Morgan fingerprint density at radius 3 is 2.67 bits per heavy atom. The second-order valence-corrected chi connectivity index (χ2v) is 4.05.